The van der Waals surface area contributed by atoms with Crippen LogP contribution in [0, 0.1) is 11.8 Å². The smallest absolute Gasteiger partial charge is 0.0200 e. The van der Waals surface area contributed by atoms with Gasteiger partial charge >= 0.3 is 0 Å². The Kier molecular flexibility index (Phi) is 2.39. The van der Waals surface area contributed by atoms with Crippen LogP contribution in [0.2, 0.25) is 0 Å². The Morgan fingerprint density at radius 3 is 1.43 bits per heavy atom. The predicted molar refractivity (Wildman–Crippen MR) is 60.2 cm³/mol. The third-order valence-electron chi connectivity index (χ3n) is 4.77. The lowest BCUT2D eigenvalue weighted by molar-refractivity contribution is 0.275. The van der Waals surface area contributed by atoms with Gasteiger partial charge in [0.05, 0.1) is 0 Å². The van der Waals surface area contributed by atoms with E-state index in [0.717, 1.165) is 11.8 Å². The standard InChI is InChI=1S/C14H22/c1-2-4-6-14-12-9-7-11(8-10-12)13(14)5-3-1/h11-12H,1-10H2. The highest BCUT2D eigenvalue weighted by Gasteiger charge is 2.34. The van der Waals surface area contributed by atoms with Gasteiger partial charge in [-0.25, -0.2) is 0 Å². The average molecular weight is 190 g/mol. The summed E-state index contributed by atoms with van der Waals surface area (Å²) in [4.78, 5) is 0. The lowest BCUT2D eigenvalue weighted by Crippen LogP contribution is -2.27. The largest absolute Gasteiger partial charge is 0.0676 e. The van der Waals surface area contributed by atoms with Gasteiger partial charge in [0, 0.05) is 0 Å². The number of hydrogen-bond acceptors (Lipinski definition) is 0. The number of fused-ring (bicyclic) bond motifs is 2. The topological polar surface area (TPSA) is 0 Å². The van der Waals surface area contributed by atoms with Crippen LogP contribution in [-0.4, -0.2) is 0 Å². The molecule has 0 saturated heterocycles. The molecule has 0 atom stereocenters. The fraction of sp³-hybridized carbons (Fsp3) is 0.857. The first-order valence-electron chi connectivity index (χ1n) is 6.67. The van der Waals surface area contributed by atoms with E-state index in [2.05, 4.69) is 0 Å². The molecular weight excluding hydrogens is 168 g/mol. The van der Waals surface area contributed by atoms with Crippen LogP contribution >= 0.6 is 0 Å². The van der Waals surface area contributed by atoms with Crippen LogP contribution < -0.4 is 0 Å². The first kappa shape index (κ1) is 9.00. The van der Waals surface area contributed by atoms with Crippen molar-refractivity contribution in [1.82, 2.24) is 0 Å². The zero-order valence-corrected chi connectivity index (χ0v) is 9.23. The van der Waals surface area contributed by atoms with Crippen molar-refractivity contribution < 1.29 is 0 Å². The van der Waals surface area contributed by atoms with Crippen LogP contribution in [-0.2, 0) is 0 Å². The second-order valence-electron chi connectivity index (χ2n) is 5.51. The predicted octanol–water partition coefficient (Wildman–Crippen LogP) is 4.46. The lowest BCUT2D eigenvalue weighted by Gasteiger charge is -2.41. The van der Waals surface area contributed by atoms with Crippen molar-refractivity contribution in [3.63, 3.8) is 0 Å². The fourth-order valence-electron chi connectivity index (χ4n) is 4.03. The minimum absolute atomic E-state index is 1.04. The van der Waals surface area contributed by atoms with Crippen LogP contribution in [0.15, 0.2) is 11.1 Å². The van der Waals surface area contributed by atoms with Crippen molar-refractivity contribution in [2.45, 2.75) is 64.2 Å². The number of hydrogen-bond donors (Lipinski definition) is 0. The molecule has 0 nitrogen and oxygen atoms in total. The summed E-state index contributed by atoms with van der Waals surface area (Å²) in [5.41, 5.74) is 3.90. The molecule has 0 aromatic carbocycles. The normalized spacial score (nSPS) is 37.7. The summed E-state index contributed by atoms with van der Waals surface area (Å²) in [6.45, 7) is 0. The molecule has 0 aliphatic heterocycles. The molecular formula is C14H22. The minimum Gasteiger partial charge on any atom is -0.0676 e. The maximum Gasteiger partial charge on any atom is -0.0200 e. The zero-order valence-electron chi connectivity index (χ0n) is 9.23. The monoisotopic (exact) mass is 190 g/mol. The second kappa shape index (κ2) is 3.72. The molecule has 4 aliphatic rings. The van der Waals surface area contributed by atoms with Crippen molar-refractivity contribution >= 4 is 0 Å². The van der Waals surface area contributed by atoms with Gasteiger partial charge in [-0.3, -0.25) is 0 Å². The van der Waals surface area contributed by atoms with Gasteiger partial charge < -0.3 is 0 Å². The average Bonchev–Trinajstić information content (AvgIpc) is 2.18. The quantitative estimate of drug-likeness (QED) is 0.495. The van der Waals surface area contributed by atoms with Crippen LogP contribution in [0.1, 0.15) is 64.2 Å². The molecule has 4 rings (SSSR count). The van der Waals surface area contributed by atoms with Gasteiger partial charge in [-0.15, -0.1) is 0 Å². The highest BCUT2D eigenvalue weighted by molar-refractivity contribution is 5.26. The molecule has 0 heterocycles. The van der Waals surface area contributed by atoms with Crippen molar-refractivity contribution in [3.8, 4) is 0 Å². The maximum atomic E-state index is 1.95. The Hall–Kier alpha value is -0.260. The summed E-state index contributed by atoms with van der Waals surface area (Å²) in [6, 6.07) is 0. The molecule has 1 fully saturated rings. The molecule has 0 radical (unpaired) electrons. The molecule has 0 heteroatoms. The molecule has 0 aromatic heterocycles. The number of allylic oxidation sites excluding steroid dienone is 2. The zero-order chi connectivity index (χ0) is 9.38. The Labute approximate surface area is 87.8 Å². The fourth-order valence-corrected chi connectivity index (χ4v) is 4.03. The molecule has 2 bridgehead atoms. The SMILES string of the molecule is C1CCCC2=C(CC1)C1CCC2CC1. The van der Waals surface area contributed by atoms with Gasteiger partial charge in [0.15, 0.2) is 0 Å². The van der Waals surface area contributed by atoms with Crippen LogP contribution in [0.25, 0.3) is 0 Å². The van der Waals surface area contributed by atoms with Gasteiger partial charge in [-0.05, 0) is 63.2 Å². The molecule has 0 aromatic rings. The van der Waals surface area contributed by atoms with Crippen LogP contribution in [0.5, 0.6) is 0 Å². The Morgan fingerprint density at radius 2 is 1.00 bits per heavy atom. The summed E-state index contributed by atoms with van der Waals surface area (Å²) in [5, 5.41) is 0. The second-order valence-corrected chi connectivity index (χ2v) is 5.51. The van der Waals surface area contributed by atoms with E-state index in [4.69, 9.17) is 0 Å². The van der Waals surface area contributed by atoms with Gasteiger partial charge in [-0.2, -0.15) is 0 Å². The van der Waals surface area contributed by atoms with Crippen molar-refractivity contribution in [2.24, 2.45) is 11.8 Å². The molecule has 1 saturated carbocycles. The van der Waals surface area contributed by atoms with Crippen molar-refractivity contribution in [3.05, 3.63) is 11.1 Å². The third kappa shape index (κ3) is 1.43. The summed E-state index contributed by atoms with van der Waals surface area (Å²) >= 11 is 0. The molecule has 78 valence electrons. The highest BCUT2D eigenvalue weighted by atomic mass is 14.4. The lowest BCUT2D eigenvalue weighted by atomic mass is 9.64. The van der Waals surface area contributed by atoms with Crippen LogP contribution in [0.4, 0.5) is 0 Å². The van der Waals surface area contributed by atoms with E-state index < -0.39 is 0 Å². The van der Waals surface area contributed by atoms with E-state index in [-0.39, 0.29) is 0 Å². The Bertz CT molecular complexity index is 215. The summed E-state index contributed by atoms with van der Waals surface area (Å²) in [7, 11) is 0. The van der Waals surface area contributed by atoms with E-state index in [1.165, 1.54) is 64.2 Å². The van der Waals surface area contributed by atoms with E-state index >= 15 is 0 Å². The molecule has 4 aliphatic carbocycles. The minimum atomic E-state index is 1.04. The summed E-state index contributed by atoms with van der Waals surface area (Å²) in [6.07, 6.45) is 15.0. The first-order chi connectivity index (χ1) is 6.95. The van der Waals surface area contributed by atoms with Gasteiger partial charge in [0.2, 0.25) is 0 Å². The van der Waals surface area contributed by atoms with E-state index in [0.29, 0.717) is 0 Å². The Morgan fingerprint density at radius 1 is 0.571 bits per heavy atom. The molecule has 0 amide bonds. The van der Waals surface area contributed by atoms with Crippen LogP contribution in [0.3, 0.4) is 0 Å². The molecule has 14 heavy (non-hydrogen) atoms. The molecule has 0 N–H and O–H groups in total. The molecule has 0 spiro atoms. The Balaban J connectivity index is 1.90. The highest BCUT2D eigenvalue weighted by Crippen LogP contribution is 2.48. The van der Waals surface area contributed by atoms with Crippen molar-refractivity contribution in [2.75, 3.05) is 0 Å². The van der Waals surface area contributed by atoms with E-state index in [1.54, 1.807) is 0 Å². The van der Waals surface area contributed by atoms with E-state index in [1.807, 2.05) is 11.1 Å². The first-order valence-corrected chi connectivity index (χ1v) is 6.67. The van der Waals surface area contributed by atoms with Gasteiger partial charge in [0.1, 0.15) is 0 Å². The number of rotatable bonds is 0. The van der Waals surface area contributed by atoms with E-state index in [9.17, 15) is 0 Å². The summed E-state index contributed by atoms with van der Waals surface area (Å²) in [5.74, 6) is 2.07. The van der Waals surface area contributed by atoms with Gasteiger partial charge in [0.25, 0.3) is 0 Å². The molecule has 0 unspecified atom stereocenters. The van der Waals surface area contributed by atoms with Crippen molar-refractivity contribution in [1.29, 1.82) is 0 Å². The maximum absolute atomic E-state index is 1.95. The summed E-state index contributed by atoms with van der Waals surface area (Å²) < 4.78 is 0. The van der Waals surface area contributed by atoms with Gasteiger partial charge in [-0.1, -0.05) is 24.0 Å². The third-order valence-corrected chi connectivity index (χ3v) is 4.77.